The highest BCUT2D eigenvalue weighted by Gasteiger charge is 2.31. The number of hydrogen-bond acceptors (Lipinski definition) is 2. The van der Waals surface area contributed by atoms with Crippen molar-refractivity contribution in [3.8, 4) is 0 Å². The molecule has 1 aliphatic carbocycles. The van der Waals surface area contributed by atoms with Gasteiger partial charge in [0, 0.05) is 11.9 Å². The summed E-state index contributed by atoms with van der Waals surface area (Å²) in [6.45, 7) is 0. The van der Waals surface area contributed by atoms with E-state index >= 15 is 0 Å². The van der Waals surface area contributed by atoms with Crippen LogP contribution in [0, 0.1) is 5.92 Å². The molecule has 94 valence electrons. The fourth-order valence-corrected chi connectivity index (χ4v) is 3.14. The standard InChI is InChI=1S/C13H13Br2N3/c14-10-7-16-18(8-10)12-5-9(6-12)4-11-2-1-3-13(15)17-11/h1-3,7-9,12H,4-6H2. The first-order valence-electron chi connectivity index (χ1n) is 6.02. The normalized spacial score (nSPS) is 22.8. The molecule has 0 amide bonds. The second-order valence-corrected chi connectivity index (χ2v) is 6.51. The number of pyridine rings is 1. The molecule has 2 aromatic heterocycles. The molecule has 0 radical (unpaired) electrons. The van der Waals surface area contributed by atoms with Crippen LogP contribution < -0.4 is 0 Å². The third-order valence-corrected chi connectivity index (χ3v) is 4.28. The van der Waals surface area contributed by atoms with Crippen molar-refractivity contribution >= 4 is 31.9 Å². The lowest BCUT2D eigenvalue weighted by atomic mass is 9.77. The number of halogens is 2. The second-order valence-electron chi connectivity index (χ2n) is 4.79. The first-order valence-corrected chi connectivity index (χ1v) is 7.60. The fraction of sp³-hybridized carbons (Fsp3) is 0.385. The minimum Gasteiger partial charge on any atom is -0.269 e. The van der Waals surface area contributed by atoms with E-state index in [0.717, 1.165) is 21.4 Å². The average molecular weight is 371 g/mol. The third kappa shape index (κ3) is 2.67. The molecule has 3 nitrogen and oxygen atoms in total. The van der Waals surface area contributed by atoms with Crippen molar-refractivity contribution in [3.05, 3.63) is 45.4 Å². The van der Waals surface area contributed by atoms with E-state index in [0.29, 0.717) is 6.04 Å². The number of aromatic nitrogens is 3. The lowest BCUT2D eigenvalue weighted by molar-refractivity contribution is 0.181. The van der Waals surface area contributed by atoms with Gasteiger partial charge in [-0.1, -0.05) is 6.07 Å². The van der Waals surface area contributed by atoms with E-state index in [1.54, 1.807) is 0 Å². The van der Waals surface area contributed by atoms with Crippen molar-refractivity contribution < 1.29 is 0 Å². The molecule has 0 atom stereocenters. The van der Waals surface area contributed by atoms with Gasteiger partial charge in [0.2, 0.25) is 0 Å². The molecule has 5 heteroatoms. The van der Waals surface area contributed by atoms with Crippen LogP contribution in [0.1, 0.15) is 24.6 Å². The Bertz CT molecular complexity index is 547. The Hall–Kier alpha value is -0.680. The Morgan fingerprint density at radius 1 is 1.28 bits per heavy atom. The molecule has 2 heterocycles. The summed E-state index contributed by atoms with van der Waals surface area (Å²) in [5.41, 5.74) is 1.18. The summed E-state index contributed by atoms with van der Waals surface area (Å²) in [5.74, 6) is 0.736. The van der Waals surface area contributed by atoms with Crippen molar-refractivity contribution in [2.24, 2.45) is 5.92 Å². The largest absolute Gasteiger partial charge is 0.269 e. The van der Waals surface area contributed by atoms with Crippen molar-refractivity contribution in [1.82, 2.24) is 14.8 Å². The van der Waals surface area contributed by atoms with E-state index in [4.69, 9.17) is 0 Å². The van der Waals surface area contributed by atoms with Crippen molar-refractivity contribution in [3.63, 3.8) is 0 Å². The zero-order valence-electron chi connectivity index (χ0n) is 9.76. The Morgan fingerprint density at radius 3 is 2.78 bits per heavy atom. The lowest BCUT2D eigenvalue weighted by Crippen LogP contribution is -2.28. The molecule has 3 rings (SSSR count). The number of nitrogens with zero attached hydrogens (tertiary/aromatic N) is 3. The molecule has 1 aliphatic rings. The first kappa shape index (κ1) is 12.4. The van der Waals surface area contributed by atoms with Gasteiger partial charge in [-0.25, -0.2) is 4.98 Å². The Morgan fingerprint density at radius 2 is 2.11 bits per heavy atom. The van der Waals surface area contributed by atoms with Gasteiger partial charge in [0.1, 0.15) is 4.60 Å². The van der Waals surface area contributed by atoms with Gasteiger partial charge < -0.3 is 0 Å². The molecule has 0 spiro atoms. The summed E-state index contributed by atoms with van der Waals surface area (Å²) in [5, 5.41) is 4.34. The highest BCUT2D eigenvalue weighted by Crippen LogP contribution is 2.39. The van der Waals surface area contributed by atoms with E-state index in [-0.39, 0.29) is 0 Å². The molecule has 2 aromatic rings. The van der Waals surface area contributed by atoms with Crippen LogP contribution in [0.15, 0.2) is 39.7 Å². The Kier molecular flexibility index (Phi) is 3.52. The topological polar surface area (TPSA) is 30.7 Å². The minimum absolute atomic E-state index is 0.563. The Balaban J connectivity index is 1.56. The van der Waals surface area contributed by atoms with Crippen LogP contribution >= 0.6 is 31.9 Å². The van der Waals surface area contributed by atoms with Gasteiger partial charge in [0.25, 0.3) is 0 Å². The maximum Gasteiger partial charge on any atom is 0.106 e. The molecular formula is C13H13Br2N3. The third-order valence-electron chi connectivity index (χ3n) is 3.43. The SMILES string of the molecule is Brc1cnn(C2CC(Cc3cccc(Br)n3)C2)c1. The van der Waals surface area contributed by atoms with Crippen LogP contribution in [0.4, 0.5) is 0 Å². The molecular weight excluding hydrogens is 358 g/mol. The van der Waals surface area contributed by atoms with Crippen molar-refractivity contribution in [2.75, 3.05) is 0 Å². The summed E-state index contributed by atoms with van der Waals surface area (Å²) in [7, 11) is 0. The van der Waals surface area contributed by atoms with Crippen LogP contribution in [0.3, 0.4) is 0 Å². The molecule has 0 unspecified atom stereocenters. The van der Waals surface area contributed by atoms with E-state index < -0.39 is 0 Å². The maximum atomic E-state index is 4.48. The highest BCUT2D eigenvalue weighted by atomic mass is 79.9. The predicted molar refractivity (Wildman–Crippen MR) is 77.3 cm³/mol. The van der Waals surface area contributed by atoms with Gasteiger partial charge in [0.05, 0.1) is 16.7 Å². The molecule has 0 bridgehead atoms. The molecule has 18 heavy (non-hydrogen) atoms. The average Bonchev–Trinajstić information content (AvgIpc) is 2.69. The smallest absolute Gasteiger partial charge is 0.106 e. The van der Waals surface area contributed by atoms with Gasteiger partial charge >= 0.3 is 0 Å². The summed E-state index contributed by atoms with van der Waals surface area (Å²) >= 11 is 6.84. The van der Waals surface area contributed by atoms with E-state index in [1.165, 1.54) is 18.5 Å². The van der Waals surface area contributed by atoms with Gasteiger partial charge in [-0.05, 0) is 69.2 Å². The monoisotopic (exact) mass is 369 g/mol. The maximum absolute atomic E-state index is 4.48. The van der Waals surface area contributed by atoms with Crippen LogP contribution in [-0.2, 0) is 6.42 Å². The van der Waals surface area contributed by atoms with Crippen LogP contribution in [-0.4, -0.2) is 14.8 Å². The quantitative estimate of drug-likeness (QED) is 0.764. The molecule has 0 aliphatic heterocycles. The van der Waals surface area contributed by atoms with Crippen LogP contribution in [0.2, 0.25) is 0 Å². The molecule has 0 aromatic carbocycles. The summed E-state index contributed by atoms with van der Waals surface area (Å²) in [6, 6.07) is 6.68. The molecule has 1 fully saturated rings. The van der Waals surface area contributed by atoms with Gasteiger partial charge in [0.15, 0.2) is 0 Å². The molecule has 0 N–H and O–H groups in total. The van der Waals surface area contributed by atoms with Gasteiger partial charge in [-0.3, -0.25) is 4.68 Å². The van der Waals surface area contributed by atoms with Crippen molar-refractivity contribution in [2.45, 2.75) is 25.3 Å². The predicted octanol–water partition coefficient (Wildman–Crippen LogP) is 4.00. The Labute approximate surface area is 123 Å². The highest BCUT2D eigenvalue weighted by molar-refractivity contribution is 9.10. The number of hydrogen-bond donors (Lipinski definition) is 0. The zero-order valence-corrected chi connectivity index (χ0v) is 12.9. The van der Waals surface area contributed by atoms with E-state index in [9.17, 15) is 0 Å². The first-order chi connectivity index (χ1) is 8.70. The molecule has 0 saturated heterocycles. The van der Waals surface area contributed by atoms with E-state index in [2.05, 4.69) is 58.9 Å². The van der Waals surface area contributed by atoms with E-state index in [1.807, 2.05) is 18.3 Å². The van der Waals surface area contributed by atoms with Crippen LogP contribution in [0.5, 0.6) is 0 Å². The second kappa shape index (κ2) is 5.13. The summed E-state index contributed by atoms with van der Waals surface area (Å²) < 4.78 is 4.04. The zero-order chi connectivity index (χ0) is 12.5. The number of rotatable bonds is 3. The van der Waals surface area contributed by atoms with Gasteiger partial charge in [-0.2, -0.15) is 5.10 Å². The lowest BCUT2D eigenvalue weighted by Gasteiger charge is -2.35. The van der Waals surface area contributed by atoms with Crippen LogP contribution in [0.25, 0.3) is 0 Å². The minimum atomic E-state index is 0.563. The fourth-order valence-electron chi connectivity index (χ4n) is 2.46. The van der Waals surface area contributed by atoms with Crippen molar-refractivity contribution in [1.29, 1.82) is 0 Å². The summed E-state index contributed by atoms with van der Waals surface area (Å²) in [4.78, 5) is 4.48. The molecule has 1 saturated carbocycles. The van der Waals surface area contributed by atoms with Gasteiger partial charge in [-0.15, -0.1) is 0 Å². The summed E-state index contributed by atoms with van der Waals surface area (Å²) in [6.07, 6.45) is 7.37.